The number of carbonyl (C=O) groups is 1. The maximum Gasteiger partial charge on any atom is 0.522 e. The van der Waals surface area contributed by atoms with E-state index in [0.29, 0.717) is 5.56 Å². The second-order valence-corrected chi connectivity index (χ2v) is 6.83. The Kier molecular flexibility index (Phi) is 6.20. The predicted octanol–water partition coefficient (Wildman–Crippen LogP) is 3.75. The number of anilines is 1. The fourth-order valence-electron chi connectivity index (χ4n) is 3.16. The molecule has 1 fully saturated rings. The number of nitrogens with zero attached hydrogens (tertiary/aromatic N) is 3. The number of benzene rings is 1. The van der Waals surface area contributed by atoms with Crippen molar-refractivity contribution in [1.29, 1.82) is 0 Å². The van der Waals surface area contributed by atoms with Crippen molar-refractivity contribution >= 4 is 11.7 Å². The molecule has 0 bridgehead atoms. The number of hydrogen-bond acceptors (Lipinski definition) is 5. The molecule has 0 radical (unpaired) electrons. The summed E-state index contributed by atoms with van der Waals surface area (Å²) in [6, 6.07) is 3.34. The third-order valence-electron chi connectivity index (χ3n) is 4.90. The van der Waals surface area contributed by atoms with Crippen LogP contribution in [-0.4, -0.2) is 51.9 Å². The normalized spacial score (nSPS) is 19.9. The number of hydrogen-bond donors (Lipinski definition) is 1. The minimum atomic E-state index is -4.78. The molecule has 0 aliphatic carbocycles. The van der Waals surface area contributed by atoms with Gasteiger partial charge in [0.25, 0.3) is 0 Å². The van der Waals surface area contributed by atoms with Crippen LogP contribution in [0.25, 0.3) is 11.3 Å². The molecule has 1 aromatic carbocycles. The monoisotopic (exact) mass is 430 g/mol. The highest BCUT2D eigenvalue weighted by Gasteiger charge is 2.47. The van der Waals surface area contributed by atoms with Gasteiger partial charge in [-0.05, 0) is 37.6 Å². The van der Waals surface area contributed by atoms with Crippen LogP contribution in [0.15, 0.2) is 30.6 Å². The smallest absolute Gasteiger partial charge is 0.356 e. The van der Waals surface area contributed by atoms with E-state index in [0.717, 1.165) is 18.5 Å². The van der Waals surface area contributed by atoms with Crippen LogP contribution in [0.1, 0.15) is 20.3 Å². The molecule has 30 heavy (non-hydrogen) atoms. The van der Waals surface area contributed by atoms with Gasteiger partial charge in [-0.15, -0.1) is 13.2 Å². The first-order valence-corrected chi connectivity index (χ1v) is 9.18. The minimum Gasteiger partial charge on any atom is -0.356 e. The number of alkyl halides is 3. The third-order valence-corrected chi connectivity index (χ3v) is 4.90. The number of nitrogens with one attached hydrogen (secondary N) is 1. The molecule has 2 heterocycles. The van der Waals surface area contributed by atoms with Crippen molar-refractivity contribution < 1.29 is 31.5 Å². The number of carbonyl (C=O) groups excluding carboxylic acids is 1. The van der Waals surface area contributed by atoms with E-state index >= 15 is 0 Å². The zero-order valence-corrected chi connectivity index (χ0v) is 16.1. The van der Waals surface area contributed by atoms with E-state index in [1.165, 1.54) is 24.0 Å². The lowest BCUT2D eigenvalue weighted by Crippen LogP contribution is -2.65. The Bertz CT molecular complexity index is 907. The van der Waals surface area contributed by atoms with Crippen LogP contribution in [0.5, 0.6) is 0 Å². The van der Waals surface area contributed by atoms with Crippen LogP contribution in [0.2, 0.25) is 0 Å². The summed E-state index contributed by atoms with van der Waals surface area (Å²) in [5, 5.41) is 2.70. The van der Waals surface area contributed by atoms with Gasteiger partial charge < -0.3 is 10.2 Å². The lowest BCUT2D eigenvalue weighted by atomic mass is 9.99. The Labute approximate surface area is 169 Å². The van der Waals surface area contributed by atoms with Crippen LogP contribution in [0.4, 0.5) is 27.8 Å². The summed E-state index contributed by atoms with van der Waals surface area (Å²) >= 11 is 0. The van der Waals surface area contributed by atoms with Crippen molar-refractivity contribution in [1.82, 2.24) is 14.9 Å². The fraction of sp³-hybridized carbons (Fsp3) is 0.421. The van der Waals surface area contributed by atoms with Crippen molar-refractivity contribution in [3.05, 3.63) is 42.2 Å². The van der Waals surface area contributed by atoms with Gasteiger partial charge in [-0.2, -0.15) is 0 Å². The number of rotatable bonds is 6. The molecule has 162 valence electrons. The standard InChI is InChI=1S/C19H19F5N4O2/c1-3-13(18(29)28-8-14(10(28)2)30-19(22,23)24)27-17-15(21)16(25-9-26-17)11-4-6-12(20)7-5-11/h4-7,9-10,13-14H,3,8H2,1-2H3,(H,25,26,27)/t10-,13+,14-/m0/s1. The van der Waals surface area contributed by atoms with Gasteiger partial charge in [0.15, 0.2) is 11.6 Å². The van der Waals surface area contributed by atoms with Crippen molar-refractivity contribution in [2.24, 2.45) is 0 Å². The highest BCUT2D eigenvalue weighted by Crippen LogP contribution is 2.30. The SMILES string of the molecule is CC[C@@H](Nc1ncnc(-c2ccc(F)cc2)c1F)C(=O)N1C[C@H](OC(F)(F)F)[C@@H]1C. The summed E-state index contributed by atoms with van der Waals surface area (Å²) in [6.07, 6.45) is -4.59. The van der Waals surface area contributed by atoms with Gasteiger partial charge in [-0.3, -0.25) is 9.53 Å². The summed E-state index contributed by atoms with van der Waals surface area (Å²) in [7, 11) is 0. The molecule has 1 aromatic heterocycles. The summed E-state index contributed by atoms with van der Waals surface area (Å²) in [6.45, 7) is 2.90. The van der Waals surface area contributed by atoms with Gasteiger partial charge in [0.2, 0.25) is 5.91 Å². The van der Waals surface area contributed by atoms with Crippen molar-refractivity contribution in [3.63, 3.8) is 0 Å². The Hall–Kier alpha value is -2.82. The molecular formula is C19H19F5N4O2. The molecule has 1 aliphatic heterocycles. The van der Waals surface area contributed by atoms with E-state index in [2.05, 4.69) is 20.0 Å². The Balaban J connectivity index is 1.73. The summed E-state index contributed by atoms with van der Waals surface area (Å²) < 4.78 is 69.1. The summed E-state index contributed by atoms with van der Waals surface area (Å²) in [5.74, 6) is -2.04. The first-order chi connectivity index (χ1) is 14.1. The van der Waals surface area contributed by atoms with Crippen molar-refractivity contribution in [2.75, 3.05) is 11.9 Å². The fourth-order valence-corrected chi connectivity index (χ4v) is 3.16. The largest absolute Gasteiger partial charge is 0.522 e. The van der Waals surface area contributed by atoms with Gasteiger partial charge in [0, 0.05) is 12.1 Å². The number of amides is 1. The zero-order chi connectivity index (χ0) is 22.1. The summed E-state index contributed by atoms with van der Waals surface area (Å²) in [4.78, 5) is 21.6. The van der Waals surface area contributed by atoms with E-state index in [9.17, 15) is 26.7 Å². The molecule has 3 rings (SSSR count). The average molecular weight is 430 g/mol. The average Bonchev–Trinajstić information content (AvgIpc) is 2.69. The van der Waals surface area contributed by atoms with E-state index in [-0.39, 0.29) is 24.5 Å². The zero-order valence-electron chi connectivity index (χ0n) is 16.1. The molecule has 1 N–H and O–H groups in total. The molecule has 1 aliphatic rings. The maximum absolute atomic E-state index is 14.9. The van der Waals surface area contributed by atoms with Gasteiger partial charge in [0.1, 0.15) is 30.0 Å². The van der Waals surface area contributed by atoms with Crippen LogP contribution >= 0.6 is 0 Å². The molecular weight excluding hydrogens is 411 g/mol. The molecule has 0 unspecified atom stereocenters. The first-order valence-electron chi connectivity index (χ1n) is 9.18. The van der Waals surface area contributed by atoms with Crippen LogP contribution in [0, 0.1) is 11.6 Å². The lowest BCUT2D eigenvalue weighted by molar-refractivity contribution is -0.359. The van der Waals surface area contributed by atoms with Gasteiger partial charge >= 0.3 is 6.36 Å². The van der Waals surface area contributed by atoms with E-state index in [1.54, 1.807) is 6.92 Å². The highest BCUT2D eigenvalue weighted by molar-refractivity contribution is 5.85. The number of halogens is 5. The quantitative estimate of drug-likeness (QED) is 0.708. The van der Waals surface area contributed by atoms with E-state index in [1.807, 2.05) is 0 Å². The molecule has 11 heteroatoms. The lowest BCUT2D eigenvalue weighted by Gasteiger charge is -2.47. The summed E-state index contributed by atoms with van der Waals surface area (Å²) in [5.41, 5.74) is 0.244. The van der Waals surface area contributed by atoms with Crippen LogP contribution < -0.4 is 5.32 Å². The molecule has 0 spiro atoms. The molecule has 1 amide bonds. The van der Waals surface area contributed by atoms with Gasteiger partial charge in [0.05, 0.1) is 6.04 Å². The Morgan fingerprint density at radius 2 is 1.93 bits per heavy atom. The molecule has 0 saturated carbocycles. The van der Waals surface area contributed by atoms with E-state index in [4.69, 9.17) is 0 Å². The minimum absolute atomic E-state index is 0.0780. The molecule has 2 aromatic rings. The van der Waals surface area contributed by atoms with Crippen LogP contribution in [-0.2, 0) is 9.53 Å². The number of ether oxygens (including phenoxy) is 1. The topological polar surface area (TPSA) is 67.4 Å². The molecule has 6 nitrogen and oxygen atoms in total. The second kappa shape index (κ2) is 8.50. The van der Waals surface area contributed by atoms with Crippen molar-refractivity contribution in [3.8, 4) is 11.3 Å². The number of likely N-dealkylation sites (tertiary alicyclic amines) is 1. The Morgan fingerprint density at radius 3 is 2.50 bits per heavy atom. The predicted molar refractivity (Wildman–Crippen MR) is 97.2 cm³/mol. The molecule has 3 atom stereocenters. The Morgan fingerprint density at radius 1 is 1.27 bits per heavy atom. The third kappa shape index (κ3) is 4.66. The maximum atomic E-state index is 14.9. The van der Waals surface area contributed by atoms with Crippen LogP contribution in [0.3, 0.4) is 0 Å². The van der Waals surface area contributed by atoms with E-state index < -0.39 is 42.1 Å². The second-order valence-electron chi connectivity index (χ2n) is 6.83. The van der Waals surface area contributed by atoms with Gasteiger partial charge in [-0.25, -0.2) is 18.7 Å². The van der Waals surface area contributed by atoms with Gasteiger partial charge in [-0.1, -0.05) is 6.92 Å². The first kappa shape index (κ1) is 21.9. The number of aromatic nitrogens is 2. The van der Waals surface area contributed by atoms with Crippen molar-refractivity contribution in [2.45, 2.75) is 44.8 Å². The highest BCUT2D eigenvalue weighted by atomic mass is 19.4. The molecule has 1 saturated heterocycles.